The molecule has 1 rings (SSSR count). The molecule has 19 heavy (non-hydrogen) atoms. The molecule has 5 nitrogen and oxygen atoms in total. The topological polar surface area (TPSA) is 66.6 Å². The molecule has 0 aromatic heterocycles. The Morgan fingerprint density at radius 2 is 2.05 bits per heavy atom. The highest BCUT2D eigenvalue weighted by atomic mass is 79.9. The van der Waals surface area contributed by atoms with Crippen LogP contribution in [0, 0.1) is 10.1 Å². The molecule has 0 atom stereocenters. The molecule has 0 saturated heterocycles. The molecule has 0 aliphatic carbocycles. The molecule has 106 valence electrons. The van der Waals surface area contributed by atoms with Gasteiger partial charge in [0.05, 0.1) is 11.5 Å². The van der Waals surface area contributed by atoms with Gasteiger partial charge in [0.25, 0.3) is 5.69 Å². The lowest BCUT2D eigenvalue weighted by atomic mass is 10.2. The molecule has 0 bridgehead atoms. The number of nitro groups is 1. The van der Waals surface area contributed by atoms with Gasteiger partial charge in [0.1, 0.15) is 12.2 Å². The van der Waals surface area contributed by atoms with Gasteiger partial charge in [-0.2, -0.15) is 13.2 Å². The van der Waals surface area contributed by atoms with Crippen LogP contribution in [0.15, 0.2) is 22.7 Å². The van der Waals surface area contributed by atoms with Crippen LogP contribution in [0.5, 0.6) is 0 Å². The average Bonchev–Trinajstić information content (AvgIpc) is 2.26. The standard InChI is InChI=1S/C10H10BrF3N2O3/c11-7-1-2-8(16(18)19)9(5-7)15(3-4-17)6-10(12,13)14/h1-2,5,17H,3-4,6H2. The van der Waals surface area contributed by atoms with Gasteiger partial charge in [0, 0.05) is 17.1 Å². The van der Waals surface area contributed by atoms with E-state index in [4.69, 9.17) is 5.11 Å². The van der Waals surface area contributed by atoms with Gasteiger partial charge in [0.15, 0.2) is 0 Å². The number of nitrogens with zero attached hydrogens (tertiary/aromatic N) is 2. The van der Waals surface area contributed by atoms with E-state index in [1.807, 2.05) is 0 Å². The van der Waals surface area contributed by atoms with E-state index >= 15 is 0 Å². The Balaban J connectivity index is 3.20. The zero-order valence-corrected chi connectivity index (χ0v) is 11.1. The molecule has 0 radical (unpaired) electrons. The normalized spacial score (nSPS) is 11.4. The van der Waals surface area contributed by atoms with E-state index in [1.165, 1.54) is 12.1 Å². The molecule has 1 aromatic carbocycles. The van der Waals surface area contributed by atoms with Gasteiger partial charge in [-0.15, -0.1) is 0 Å². The lowest BCUT2D eigenvalue weighted by Crippen LogP contribution is -2.36. The molecule has 0 amide bonds. The molecule has 0 aliphatic heterocycles. The first-order chi connectivity index (χ1) is 8.74. The summed E-state index contributed by atoms with van der Waals surface area (Å²) in [4.78, 5) is 10.8. The zero-order valence-electron chi connectivity index (χ0n) is 9.52. The number of aliphatic hydroxyl groups excluding tert-OH is 1. The van der Waals surface area contributed by atoms with Gasteiger partial charge in [-0.1, -0.05) is 15.9 Å². The third kappa shape index (κ3) is 4.67. The molecule has 0 saturated carbocycles. The van der Waals surface area contributed by atoms with Crippen molar-refractivity contribution in [2.75, 3.05) is 24.6 Å². The first-order valence-electron chi connectivity index (χ1n) is 5.11. The average molecular weight is 343 g/mol. The van der Waals surface area contributed by atoms with E-state index in [0.29, 0.717) is 4.47 Å². The van der Waals surface area contributed by atoms with Crippen LogP contribution in [0.2, 0.25) is 0 Å². The van der Waals surface area contributed by atoms with Crippen molar-refractivity contribution in [1.82, 2.24) is 0 Å². The quantitative estimate of drug-likeness (QED) is 0.660. The number of anilines is 1. The minimum atomic E-state index is -4.52. The maximum absolute atomic E-state index is 12.4. The van der Waals surface area contributed by atoms with Crippen LogP contribution in [-0.4, -0.2) is 35.9 Å². The lowest BCUT2D eigenvalue weighted by Gasteiger charge is -2.24. The molecule has 9 heteroatoms. The van der Waals surface area contributed by atoms with Gasteiger partial charge in [0.2, 0.25) is 0 Å². The highest BCUT2D eigenvalue weighted by Gasteiger charge is 2.33. The smallest absolute Gasteiger partial charge is 0.395 e. The summed E-state index contributed by atoms with van der Waals surface area (Å²) in [5, 5.41) is 19.6. The van der Waals surface area contributed by atoms with Crippen LogP contribution in [-0.2, 0) is 0 Å². The fraction of sp³-hybridized carbons (Fsp3) is 0.400. The minimum Gasteiger partial charge on any atom is -0.395 e. The first-order valence-corrected chi connectivity index (χ1v) is 5.90. The maximum Gasteiger partial charge on any atom is 0.405 e. The van der Waals surface area contributed by atoms with Crippen molar-refractivity contribution in [2.24, 2.45) is 0 Å². The molecule has 1 N–H and O–H groups in total. The summed E-state index contributed by atoms with van der Waals surface area (Å²) in [7, 11) is 0. The summed E-state index contributed by atoms with van der Waals surface area (Å²) in [6.45, 7) is -2.26. The van der Waals surface area contributed by atoms with E-state index in [-0.39, 0.29) is 12.2 Å². The Labute approximate surface area is 114 Å². The van der Waals surface area contributed by atoms with Gasteiger partial charge >= 0.3 is 6.18 Å². The molecular weight excluding hydrogens is 333 g/mol. The second-order valence-electron chi connectivity index (χ2n) is 3.65. The summed E-state index contributed by atoms with van der Waals surface area (Å²) < 4.78 is 37.7. The highest BCUT2D eigenvalue weighted by Crippen LogP contribution is 2.33. The third-order valence-corrected chi connectivity index (χ3v) is 2.71. The summed E-state index contributed by atoms with van der Waals surface area (Å²) in [5.74, 6) is 0. The molecule has 0 heterocycles. The second kappa shape index (κ2) is 6.20. The van der Waals surface area contributed by atoms with Gasteiger partial charge in [-0.3, -0.25) is 10.1 Å². The summed E-state index contributed by atoms with van der Waals surface area (Å²) >= 11 is 3.05. The van der Waals surface area contributed by atoms with Gasteiger partial charge in [-0.25, -0.2) is 0 Å². The summed E-state index contributed by atoms with van der Waals surface area (Å²) in [6.07, 6.45) is -4.52. The Morgan fingerprint density at radius 3 is 2.53 bits per heavy atom. The van der Waals surface area contributed by atoms with Crippen molar-refractivity contribution in [3.8, 4) is 0 Å². The van der Waals surface area contributed by atoms with Crippen LogP contribution >= 0.6 is 15.9 Å². The Bertz CT molecular complexity index is 468. The lowest BCUT2D eigenvalue weighted by molar-refractivity contribution is -0.384. The van der Waals surface area contributed by atoms with Crippen molar-refractivity contribution in [2.45, 2.75) is 6.18 Å². The Morgan fingerprint density at radius 1 is 1.42 bits per heavy atom. The minimum absolute atomic E-state index is 0.189. The zero-order chi connectivity index (χ0) is 14.6. The van der Waals surface area contributed by atoms with Crippen LogP contribution in [0.4, 0.5) is 24.5 Å². The van der Waals surface area contributed by atoms with Crippen molar-refractivity contribution < 1.29 is 23.2 Å². The predicted molar refractivity (Wildman–Crippen MR) is 66.2 cm³/mol. The van der Waals surface area contributed by atoms with Crippen LogP contribution < -0.4 is 4.90 Å². The number of alkyl halides is 3. The Kier molecular flexibility index (Phi) is 5.12. The fourth-order valence-corrected chi connectivity index (χ4v) is 1.88. The summed E-state index contributed by atoms with van der Waals surface area (Å²) in [5.41, 5.74) is -0.633. The number of aliphatic hydroxyl groups is 1. The number of nitro benzene ring substituents is 1. The van der Waals surface area contributed by atoms with Crippen molar-refractivity contribution >= 4 is 27.3 Å². The molecular formula is C10H10BrF3N2O3. The van der Waals surface area contributed by atoms with E-state index < -0.39 is 29.9 Å². The number of hydrogen-bond donors (Lipinski definition) is 1. The molecule has 0 aliphatic rings. The van der Waals surface area contributed by atoms with Crippen LogP contribution in [0.1, 0.15) is 0 Å². The monoisotopic (exact) mass is 342 g/mol. The van der Waals surface area contributed by atoms with E-state index in [2.05, 4.69) is 15.9 Å². The number of benzene rings is 1. The first kappa shape index (κ1) is 15.7. The molecule has 0 unspecified atom stereocenters. The molecule has 0 fully saturated rings. The second-order valence-corrected chi connectivity index (χ2v) is 4.57. The van der Waals surface area contributed by atoms with Crippen LogP contribution in [0.3, 0.4) is 0 Å². The highest BCUT2D eigenvalue weighted by molar-refractivity contribution is 9.10. The summed E-state index contributed by atoms with van der Waals surface area (Å²) in [6, 6.07) is 3.70. The fourth-order valence-electron chi connectivity index (χ4n) is 1.53. The van der Waals surface area contributed by atoms with E-state index in [1.54, 1.807) is 0 Å². The van der Waals surface area contributed by atoms with Crippen molar-refractivity contribution in [3.63, 3.8) is 0 Å². The van der Waals surface area contributed by atoms with Crippen molar-refractivity contribution in [3.05, 3.63) is 32.8 Å². The van der Waals surface area contributed by atoms with Gasteiger partial charge < -0.3 is 10.0 Å². The van der Waals surface area contributed by atoms with Gasteiger partial charge in [-0.05, 0) is 12.1 Å². The molecule has 0 spiro atoms. The van der Waals surface area contributed by atoms with E-state index in [9.17, 15) is 23.3 Å². The van der Waals surface area contributed by atoms with E-state index in [0.717, 1.165) is 11.0 Å². The third-order valence-electron chi connectivity index (χ3n) is 2.21. The largest absolute Gasteiger partial charge is 0.405 e. The SMILES string of the molecule is O=[N+]([O-])c1ccc(Br)cc1N(CCO)CC(F)(F)F. The predicted octanol–water partition coefficient (Wildman–Crippen LogP) is 2.72. The van der Waals surface area contributed by atoms with Crippen LogP contribution in [0.25, 0.3) is 0 Å². The van der Waals surface area contributed by atoms with Crippen molar-refractivity contribution in [1.29, 1.82) is 0 Å². The molecule has 1 aromatic rings. The maximum atomic E-state index is 12.4. The Hall–Kier alpha value is -1.35. The number of rotatable bonds is 5. The number of hydrogen-bond acceptors (Lipinski definition) is 4. The number of halogens is 4.